The van der Waals surface area contributed by atoms with Gasteiger partial charge in [-0.05, 0) is 24.3 Å². The molecule has 2 rings (SSSR count). The second-order valence-corrected chi connectivity index (χ2v) is 3.46. The lowest BCUT2D eigenvalue weighted by molar-refractivity contribution is 0.396. The molecule has 0 saturated heterocycles. The number of benzene rings is 2. The molecule has 2 aromatic carbocycles. The maximum absolute atomic E-state index is 13.4. The Morgan fingerprint density at radius 2 is 1.56 bits per heavy atom. The summed E-state index contributed by atoms with van der Waals surface area (Å²) in [6, 6.07) is 4.25. The molecule has 0 bridgehead atoms. The predicted octanol–water partition coefficient (Wildman–Crippen LogP) is 3.62. The molecule has 18 heavy (non-hydrogen) atoms. The zero-order chi connectivity index (χ0) is 13.3. The summed E-state index contributed by atoms with van der Waals surface area (Å²) in [5.41, 5.74) is 5.15. The molecule has 0 saturated carbocycles. The molecule has 0 unspecified atom stereocenters. The van der Waals surface area contributed by atoms with Crippen molar-refractivity contribution in [1.82, 2.24) is 0 Å². The molecule has 2 N–H and O–H groups in total. The molecule has 94 valence electrons. The van der Waals surface area contributed by atoms with Crippen LogP contribution in [0.3, 0.4) is 0 Å². The molecule has 2 nitrogen and oxygen atoms in total. The van der Waals surface area contributed by atoms with Gasteiger partial charge in [0.05, 0.1) is 5.69 Å². The molecule has 0 aromatic heterocycles. The average Bonchev–Trinajstić information content (AvgIpc) is 2.34. The van der Waals surface area contributed by atoms with Crippen LogP contribution in [0.2, 0.25) is 0 Å². The maximum Gasteiger partial charge on any atom is 0.203 e. The monoisotopic (exact) mass is 257 g/mol. The minimum Gasteiger partial charge on any atom is -0.449 e. The first-order chi connectivity index (χ1) is 8.49. The Morgan fingerprint density at radius 3 is 2.28 bits per heavy atom. The van der Waals surface area contributed by atoms with E-state index in [1.54, 1.807) is 0 Å². The molecular formula is C12H7F4NO. The summed E-state index contributed by atoms with van der Waals surface area (Å²) in [5, 5.41) is 0. The molecule has 6 heteroatoms. The van der Waals surface area contributed by atoms with Crippen LogP contribution in [0.5, 0.6) is 11.5 Å². The Kier molecular flexibility index (Phi) is 3.10. The van der Waals surface area contributed by atoms with Gasteiger partial charge in [0.2, 0.25) is 5.82 Å². The molecular weight excluding hydrogens is 250 g/mol. The van der Waals surface area contributed by atoms with Crippen molar-refractivity contribution >= 4 is 5.69 Å². The van der Waals surface area contributed by atoms with Crippen molar-refractivity contribution in [3.63, 3.8) is 0 Å². The summed E-state index contributed by atoms with van der Waals surface area (Å²) in [6.07, 6.45) is 0. The molecule has 0 atom stereocenters. The third kappa shape index (κ3) is 2.22. The second-order valence-electron chi connectivity index (χ2n) is 3.46. The van der Waals surface area contributed by atoms with Crippen LogP contribution in [0.4, 0.5) is 23.2 Å². The van der Waals surface area contributed by atoms with Gasteiger partial charge in [0.25, 0.3) is 0 Å². The first-order valence-electron chi connectivity index (χ1n) is 4.85. The fraction of sp³-hybridized carbons (Fsp3) is 0. The molecule has 0 amide bonds. The Bertz CT molecular complexity index is 601. The molecule has 0 spiro atoms. The van der Waals surface area contributed by atoms with E-state index in [1.807, 2.05) is 0 Å². The van der Waals surface area contributed by atoms with Gasteiger partial charge in [-0.25, -0.2) is 13.2 Å². The van der Waals surface area contributed by atoms with Crippen LogP contribution >= 0.6 is 0 Å². The van der Waals surface area contributed by atoms with Gasteiger partial charge < -0.3 is 10.5 Å². The number of nitrogens with two attached hydrogens (primary N) is 1. The maximum atomic E-state index is 13.4. The fourth-order valence-corrected chi connectivity index (χ4v) is 1.32. The van der Waals surface area contributed by atoms with E-state index in [-0.39, 0.29) is 5.69 Å². The standard InChI is InChI=1S/C12H7F4NO/c13-6-1-2-7(14)10(5-6)18-12-9(17)4-3-8(15)11(12)16/h1-5H,17H2. The van der Waals surface area contributed by atoms with Gasteiger partial charge in [-0.1, -0.05) is 0 Å². The Balaban J connectivity index is 2.46. The SMILES string of the molecule is Nc1ccc(F)c(F)c1Oc1cc(F)ccc1F. The van der Waals surface area contributed by atoms with Gasteiger partial charge in [-0.2, -0.15) is 4.39 Å². The van der Waals surface area contributed by atoms with Crippen LogP contribution in [-0.2, 0) is 0 Å². The predicted molar refractivity (Wildman–Crippen MR) is 57.2 cm³/mol. The number of anilines is 1. The summed E-state index contributed by atoms with van der Waals surface area (Å²) in [4.78, 5) is 0. The first kappa shape index (κ1) is 12.2. The van der Waals surface area contributed by atoms with Crippen LogP contribution < -0.4 is 10.5 Å². The summed E-state index contributed by atoms with van der Waals surface area (Å²) < 4.78 is 57.3. The summed E-state index contributed by atoms with van der Waals surface area (Å²) >= 11 is 0. The molecule has 0 radical (unpaired) electrons. The normalized spacial score (nSPS) is 10.4. The van der Waals surface area contributed by atoms with Crippen LogP contribution in [-0.4, -0.2) is 0 Å². The minimum atomic E-state index is -1.36. The van der Waals surface area contributed by atoms with E-state index in [0.29, 0.717) is 6.07 Å². The highest BCUT2D eigenvalue weighted by Crippen LogP contribution is 2.33. The molecule has 0 fully saturated rings. The molecule has 0 aliphatic heterocycles. The third-order valence-corrected chi connectivity index (χ3v) is 2.19. The highest BCUT2D eigenvalue weighted by Gasteiger charge is 2.16. The summed E-state index contributed by atoms with van der Waals surface area (Å²) in [6.45, 7) is 0. The van der Waals surface area contributed by atoms with Gasteiger partial charge in [0, 0.05) is 6.07 Å². The molecule has 2 aromatic rings. The van der Waals surface area contributed by atoms with E-state index in [0.717, 1.165) is 24.3 Å². The number of hydrogen-bond acceptors (Lipinski definition) is 2. The van der Waals surface area contributed by atoms with E-state index < -0.39 is 34.8 Å². The van der Waals surface area contributed by atoms with Crippen LogP contribution in [0, 0.1) is 23.3 Å². The van der Waals surface area contributed by atoms with E-state index in [1.165, 1.54) is 0 Å². The Morgan fingerprint density at radius 1 is 0.889 bits per heavy atom. The van der Waals surface area contributed by atoms with Gasteiger partial charge in [-0.15, -0.1) is 0 Å². The number of hydrogen-bond donors (Lipinski definition) is 1. The molecule has 0 aliphatic rings. The third-order valence-electron chi connectivity index (χ3n) is 2.19. The topological polar surface area (TPSA) is 35.2 Å². The second kappa shape index (κ2) is 4.56. The van der Waals surface area contributed by atoms with Crippen LogP contribution in [0.1, 0.15) is 0 Å². The lowest BCUT2D eigenvalue weighted by Gasteiger charge is -2.10. The highest BCUT2D eigenvalue weighted by molar-refractivity contribution is 5.54. The van der Waals surface area contributed by atoms with Crippen molar-refractivity contribution in [2.24, 2.45) is 0 Å². The lowest BCUT2D eigenvalue weighted by Crippen LogP contribution is -1.99. The summed E-state index contributed by atoms with van der Waals surface area (Å²) in [7, 11) is 0. The van der Waals surface area contributed by atoms with Gasteiger partial charge in [0.1, 0.15) is 5.82 Å². The zero-order valence-electron chi connectivity index (χ0n) is 8.88. The van der Waals surface area contributed by atoms with Crippen molar-refractivity contribution in [2.75, 3.05) is 5.73 Å². The summed E-state index contributed by atoms with van der Waals surface area (Å²) in [5.74, 6) is -5.51. The highest BCUT2D eigenvalue weighted by atomic mass is 19.2. The van der Waals surface area contributed by atoms with Crippen molar-refractivity contribution in [2.45, 2.75) is 0 Å². The molecule has 0 aliphatic carbocycles. The minimum absolute atomic E-state index is 0.224. The lowest BCUT2D eigenvalue weighted by atomic mass is 10.2. The number of nitrogen functional groups attached to an aromatic ring is 1. The Labute approximate surface area is 99.6 Å². The van der Waals surface area contributed by atoms with E-state index in [2.05, 4.69) is 0 Å². The number of ether oxygens (including phenoxy) is 1. The van der Waals surface area contributed by atoms with Crippen LogP contribution in [0.15, 0.2) is 30.3 Å². The van der Waals surface area contributed by atoms with Gasteiger partial charge in [0.15, 0.2) is 23.1 Å². The zero-order valence-corrected chi connectivity index (χ0v) is 8.88. The first-order valence-corrected chi connectivity index (χ1v) is 4.85. The van der Waals surface area contributed by atoms with Crippen molar-refractivity contribution in [3.05, 3.63) is 53.6 Å². The smallest absolute Gasteiger partial charge is 0.203 e. The fourth-order valence-electron chi connectivity index (χ4n) is 1.32. The van der Waals surface area contributed by atoms with E-state index >= 15 is 0 Å². The van der Waals surface area contributed by atoms with Crippen LogP contribution in [0.25, 0.3) is 0 Å². The quantitative estimate of drug-likeness (QED) is 0.658. The van der Waals surface area contributed by atoms with E-state index in [4.69, 9.17) is 10.5 Å². The van der Waals surface area contributed by atoms with Gasteiger partial charge >= 0.3 is 0 Å². The average molecular weight is 257 g/mol. The number of rotatable bonds is 2. The van der Waals surface area contributed by atoms with Crippen molar-refractivity contribution in [1.29, 1.82) is 0 Å². The van der Waals surface area contributed by atoms with E-state index in [9.17, 15) is 17.6 Å². The van der Waals surface area contributed by atoms with Crippen molar-refractivity contribution in [3.8, 4) is 11.5 Å². The Hall–Kier alpha value is -2.24. The van der Waals surface area contributed by atoms with Crippen molar-refractivity contribution < 1.29 is 22.3 Å². The van der Waals surface area contributed by atoms with Gasteiger partial charge in [-0.3, -0.25) is 0 Å². The number of halogens is 4. The largest absolute Gasteiger partial charge is 0.449 e. The molecule has 0 heterocycles.